The van der Waals surface area contributed by atoms with E-state index in [0.717, 1.165) is 22.6 Å². The maximum atomic E-state index is 2.48. The summed E-state index contributed by atoms with van der Waals surface area (Å²) in [5, 5.41) is 7.55. The Balaban J connectivity index is 1.22. The number of hydrogen-bond donors (Lipinski definition) is 0. The lowest BCUT2D eigenvalue weighted by Crippen LogP contribution is -2.11. The first-order valence-electron chi connectivity index (χ1n) is 18.8. The van der Waals surface area contributed by atoms with Gasteiger partial charge in [-0.15, -0.1) is 11.3 Å². The van der Waals surface area contributed by atoms with Crippen molar-refractivity contribution in [2.75, 3.05) is 4.90 Å². The number of fused-ring (bicyclic) bond motifs is 7. The first-order valence-corrected chi connectivity index (χ1v) is 19.6. The van der Waals surface area contributed by atoms with Crippen molar-refractivity contribution in [3.05, 3.63) is 206 Å². The topological polar surface area (TPSA) is 8.17 Å². The predicted molar refractivity (Wildman–Crippen MR) is 237 cm³/mol. The molecule has 0 aliphatic rings. The lowest BCUT2D eigenvalue weighted by atomic mass is 9.97. The van der Waals surface area contributed by atoms with Crippen LogP contribution in [0.2, 0.25) is 0 Å². The van der Waals surface area contributed by atoms with Gasteiger partial charge in [0.15, 0.2) is 0 Å². The highest BCUT2D eigenvalue weighted by atomic mass is 32.1. The highest BCUT2D eigenvalue weighted by Gasteiger charge is 2.23. The van der Waals surface area contributed by atoms with Crippen LogP contribution in [0.4, 0.5) is 17.1 Å². The van der Waals surface area contributed by atoms with Crippen molar-refractivity contribution >= 4 is 81.1 Å². The number of benzene rings is 9. The molecule has 0 bridgehead atoms. The van der Waals surface area contributed by atoms with Crippen molar-refractivity contribution in [2.45, 2.75) is 0 Å². The Morgan fingerprint density at radius 3 is 1.98 bits per heavy atom. The van der Waals surface area contributed by atoms with Crippen LogP contribution in [0.3, 0.4) is 0 Å². The molecule has 11 rings (SSSR count). The summed E-state index contributed by atoms with van der Waals surface area (Å²) in [6.45, 7) is 0. The molecule has 9 aromatic carbocycles. The van der Waals surface area contributed by atoms with Gasteiger partial charge in [0.05, 0.1) is 27.1 Å². The summed E-state index contributed by atoms with van der Waals surface area (Å²) in [7, 11) is 0. The third kappa shape index (κ3) is 5.16. The molecule has 2 aromatic heterocycles. The van der Waals surface area contributed by atoms with E-state index in [1.807, 2.05) is 11.3 Å². The van der Waals surface area contributed by atoms with Crippen molar-refractivity contribution < 1.29 is 0 Å². The number of rotatable bonds is 6. The van der Waals surface area contributed by atoms with E-state index in [0.29, 0.717) is 0 Å². The molecular weight excluding hydrogens is 685 g/mol. The first kappa shape index (κ1) is 31.6. The smallest absolute Gasteiger partial charge is 0.0640 e. The van der Waals surface area contributed by atoms with Gasteiger partial charge in [-0.1, -0.05) is 152 Å². The molecule has 258 valence electrons. The molecule has 0 radical (unpaired) electrons. The van der Waals surface area contributed by atoms with Crippen LogP contribution in [0.25, 0.3) is 80.7 Å². The van der Waals surface area contributed by atoms with Gasteiger partial charge in [-0.25, -0.2) is 0 Å². The summed E-state index contributed by atoms with van der Waals surface area (Å²) in [6.07, 6.45) is 0. The van der Waals surface area contributed by atoms with Gasteiger partial charge in [0.1, 0.15) is 0 Å². The lowest BCUT2D eigenvalue weighted by molar-refractivity contribution is 1.18. The van der Waals surface area contributed by atoms with Crippen molar-refractivity contribution in [1.82, 2.24) is 4.57 Å². The molecule has 11 aromatic rings. The molecule has 0 unspecified atom stereocenters. The molecule has 3 heteroatoms. The van der Waals surface area contributed by atoms with E-state index in [1.165, 1.54) is 75.2 Å². The fourth-order valence-electron chi connectivity index (χ4n) is 8.49. The zero-order valence-electron chi connectivity index (χ0n) is 29.9. The quantitative estimate of drug-likeness (QED) is 0.166. The number of aromatic nitrogens is 1. The van der Waals surface area contributed by atoms with Crippen LogP contribution >= 0.6 is 11.3 Å². The standard InChI is InChI=1S/C52H34N2S/c1-3-16-36(17-4-1)41-21-9-11-25-46(41)54(48-27-14-24-44-43-22-10-12-28-50(43)55-52(44)48)40-31-32-45-49(34-40)53(39-19-5-2-6-20-39)47-26-13-23-42(51(45)47)38-30-29-35-15-7-8-18-37(35)33-38/h1-34H. The normalized spacial score (nSPS) is 11.6. The molecule has 2 nitrogen and oxygen atoms in total. The Morgan fingerprint density at radius 2 is 1.09 bits per heavy atom. The third-order valence-electron chi connectivity index (χ3n) is 11.0. The molecule has 55 heavy (non-hydrogen) atoms. The van der Waals surface area contributed by atoms with E-state index in [-0.39, 0.29) is 0 Å². The molecular formula is C52H34N2S. The summed E-state index contributed by atoms with van der Waals surface area (Å²) in [5.74, 6) is 0. The monoisotopic (exact) mass is 718 g/mol. The molecule has 0 saturated heterocycles. The summed E-state index contributed by atoms with van der Waals surface area (Å²) in [5.41, 5.74) is 11.7. The summed E-state index contributed by atoms with van der Waals surface area (Å²) < 4.78 is 5.01. The largest absolute Gasteiger partial charge is 0.309 e. The Hall–Kier alpha value is -6.94. The maximum absolute atomic E-state index is 2.48. The van der Waals surface area contributed by atoms with E-state index in [2.05, 4.69) is 216 Å². The van der Waals surface area contributed by atoms with Gasteiger partial charge in [-0.05, 0) is 82.1 Å². The number of nitrogens with zero attached hydrogens (tertiary/aromatic N) is 2. The molecule has 2 heterocycles. The first-order chi connectivity index (χ1) is 27.3. The van der Waals surface area contributed by atoms with E-state index in [9.17, 15) is 0 Å². The second-order valence-corrected chi connectivity index (χ2v) is 15.2. The fraction of sp³-hybridized carbons (Fsp3) is 0. The Morgan fingerprint density at radius 1 is 0.400 bits per heavy atom. The minimum atomic E-state index is 1.10. The Kier molecular flexibility index (Phi) is 7.39. The number of thiophene rings is 1. The highest BCUT2D eigenvalue weighted by Crippen LogP contribution is 2.48. The van der Waals surface area contributed by atoms with Crippen LogP contribution in [0.1, 0.15) is 0 Å². The maximum Gasteiger partial charge on any atom is 0.0640 e. The number of para-hydroxylation sites is 2. The van der Waals surface area contributed by atoms with E-state index in [1.54, 1.807) is 0 Å². The summed E-state index contributed by atoms with van der Waals surface area (Å²) in [4.78, 5) is 2.48. The van der Waals surface area contributed by atoms with Crippen LogP contribution in [0, 0.1) is 0 Å². The van der Waals surface area contributed by atoms with E-state index < -0.39 is 0 Å². The molecule has 0 amide bonds. The van der Waals surface area contributed by atoms with Crippen molar-refractivity contribution in [1.29, 1.82) is 0 Å². The summed E-state index contributed by atoms with van der Waals surface area (Å²) in [6, 6.07) is 75.2. The van der Waals surface area contributed by atoms with Crippen LogP contribution in [0.15, 0.2) is 206 Å². The van der Waals surface area contributed by atoms with Crippen LogP contribution in [0.5, 0.6) is 0 Å². The molecule has 0 aliphatic carbocycles. The van der Waals surface area contributed by atoms with Gasteiger partial charge in [0.2, 0.25) is 0 Å². The molecule has 0 aliphatic heterocycles. The second-order valence-electron chi connectivity index (χ2n) is 14.1. The lowest BCUT2D eigenvalue weighted by Gasteiger charge is -2.28. The minimum Gasteiger partial charge on any atom is -0.309 e. The van der Waals surface area contributed by atoms with Gasteiger partial charge in [-0.3, -0.25) is 0 Å². The second kappa shape index (κ2) is 12.9. The fourth-order valence-corrected chi connectivity index (χ4v) is 9.70. The van der Waals surface area contributed by atoms with Crippen LogP contribution < -0.4 is 4.90 Å². The molecule has 0 fully saturated rings. The average molecular weight is 719 g/mol. The van der Waals surface area contributed by atoms with E-state index >= 15 is 0 Å². The summed E-state index contributed by atoms with van der Waals surface area (Å²) >= 11 is 1.87. The molecule has 0 saturated carbocycles. The van der Waals surface area contributed by atoms with Gasteiger partial charge in [0.25, 0.3) is 0 Å². The SMILES string of the molecule is c1ccc(-c2ccccc2N(c2ccc3c4c(-c5ccc6ccccc6c5)cccc4n(-c4ccccc4)c3c2)c2cccc3c2sc2ccccc23)cc1. The van der Waals surface area contributed by atoms with E-state index in [4.69, 9.17) is 0 Å². The van der Waals surface area contributed by atoms with Gasteiger partial charge in [0, 0.05) is 43.2 Å². The minimum absolute atomic E-state index is 1.10. The zero-order chi connectivity index (χ0) is 36.3. The number of hydrogen-bond acceptors (Lipinski definition) is 2. The average Bonchev–Trinajstić information content (AvgIpc) is 3.81. The van der Waals surface area contributed by atoms with Crippen molar-refractivity contribution in [3.63, 3.8) is 0 Å². The van der Waals surface area contributed by atoms with Gasteiger partial charge >= 0.3 is 0 Å². The number of anilines is 3. The molecule has 0 spiro atoms. The van der Waals surface area contributed by atoms with Gasteiger partial charge < -0.3 is 9.47 Å². The zero-order valence-corrected chi connectivity index (χ0v) is 30.7. The molecule has 0 atom stereocenters. The highest BCUT2D eigenvalue weighted by molar-refractivity contribution is 7.26. The van der Waals surface area contributed by atoms with Crippen LogP contribution in [-0.4, -0.2) is 4.57 Å². The Labute approximate surface area is 323 Å². The van der Waals surface area contributed by atoms with Crippen molar-refractivity contribution in [2.24, 2.45) is 0 Å². The van der Waals surface area contributed by atoms with Crippen molar-refractivity contribution in [3.8, 4) is 27.9 Å². The Bertz CT molecular complexity index is 3210. The van der Waals surface area contributed by atoms with Crippen LogP contribution in [-0.2, 0) is 0 Å². The van der Waals surface area contributed by atoms with Gasteiger partial charge in [-0.2, -0.15) is 0 Å². The predicted octanol–water partition coefficient (Wildman–Crippen LogP) is 15.1. The molecule has 0 N–H and O–H groups in total. The third-order valence-corrected chi connectivity index (χ3v) is 12.2.